The van der Waals surface area contributed by atoms with Gasteiger partial charge in [0, 0.05) is 30.7 Å². The number of fused-ring (bicyclic) bond motifs is 1. The molecule has 1 aliphatic rings. The van der Waals surface area contributed by atoms with E-state index in [0.29, 0.717) is 48.1 Å². The summed E-state index contributed by atoms with van der Waals surface area (Å²) in [6.45, 7) is 3.03. The lowest BCUT2D eigenvalue weighted by Crippen LogP contribution is -2.29. The summed E-state index contributed by atoms with van der Waals surface area (Å²) in [6, 6.07) is 27.1. The topological polar surface area (TPSA) is 134 Å². The van der Waals surface area contributed by atoms with Crippen LogP contribution in [0.1, 0.15) is 56.1 Å². The van der Waals surface area contributed by atoms with Crippen molar-refractivity contribution < 1.29 is 13.5 Å². The average Bonchev–Trinajstić information content (AvgIpc) is 3.49. The monoisotopic (exact) mass is 625 g/mol. The molecule has 0 atom stereocenters. The third-order valence-corrected chi connectivity index (χ3v) is 9.87. The maximum Gasteiger partial charge on any atom is 0.240 e. The van der Waals surface area contributed by atoms with Gasteiger partial charge in [-0.25, -0.2) is 18.1 Å². The third kappa shape index (κ3) is 7.33. The van der Waals surface area contributed by atoms with Crippen molar-refractivity contribution in [1.82, 2.24) is 24.2 Å². The highest BCUT2D eigenvalue weighted by molar-refractivity contribution is 7.89. The Hall–Kier alpha value is -4.32. The average molecular weight is 626 g/mol. The van der Waals surface area contributed by atoms with Gasteiger partial charge >= 0.3 is 0 Å². The Morgan fingerprint density at radius 1 is 0.889 bits per heavy atom. The molecule has 1 saturated carbocycles. The molecule has 0 bridgehead atoms. The van der Waals surface area contributed by atoms with E-state index in [1.165, 1.54) is 0 Å². The minimum Gasteiger partial charge on any atom is -0.393 e. The quantitative estimate of drug-likeness (QED) is 0.137. The molecule has 234 valence electrons. The maximum atomic E-state index is 13.2. The molecule has 2 aromatic heterocycles. The second-order valence-electron chi connectivity index (χ2n) is 11.5. The van der Waals surface area contributed by atoms with Gasteiger partial charge in [0.1, 0.15) is 0 Å². The van der Waals surface area contributed by atoms with Crippen LogP contribution in [0.2, 0.25) is 0 Å². The van der Waals surface area contributed by atoms with E-state index in [1.807, 2.05) is 47.9 Å². The van der Waals surface area contributed by atoms with Crippen molar-refractivity contribution >= 4 is 38.6 Å². The third-order valence-electron chi connectivity index (χ3n) is 8.39. The summed E-state index contributed by atoms with van der Waals surface area (Å²) < 4.78 is 31.2. The molecule has 0 amide bonds. The van der Waals surface area contributed by atoms with Gasteiger partial charge in [-0.3, -0.25) is 0 Å². The number of imidazole rings is 1. The SMILES string of the molecule is CCn1cnc2c(Nc3ccc(S(=O)(=O)NCCC(c4ccccc4)c4ccccc4)cc3)nc(N[C@H]3CC[C@H](O)CC3)nc21. The highest BCUT2D eigenvalue weighted by Gasteiger charge is 2.22. The highest BCUT2D eigenvalue weighted by atomic mass is 32.2. The molecule has 6 rings (SSSR count). The number of aliphatic hydroxyl groups excluding tert-OH is 1. The van der Waals surface area contributed by atoms with Crippen molar-refractivity contribution in [2.75, 3.05) is 17.2 Å². The van der Waals surface area contributed by atoms with Crippen molar-refractivity contribution in [3.63, 3.8) is 0 Å². The number of anilines is 3. The summed E-state index contributed by atoms with van der Waals surface area (Å²) in [5.74, 6) is 1.10. The predicted octanol–water partition coefficient (Wildman–Crippen LogP) is 5.81. The van der Waals surface area contributed by atoms with Crippen molar-refractivity contribution in [3.05, 3.63) is 102 Å². The van der Waals surface area contributed by atoms with E-state index in [4.69, 9.17) is 9.97 Å². The summed E-state index contributed by atoms with van der Waals surface area (Å²) in [4.78, 5) is 14.2. The molecular weight excluding hydrogens is 586 g/mol. The number of aryl methyl sites for hydroxylation is 1. The first kappa shape index (κ1) is 30.7. The van der Waals surface area contributed by atoms with E-state index in [1.54, 1.807) is 30.6 Å². The molecule has 0 spiro atoms. The minimum atomic E-state index is -3.72. The molecule has 0 radical (unpaired) electrons. The maximum absolute atomic E-state index is 13.2. The molecule has 0 aliphatic heterocycles. The number of aliphatic hydroxyl groups is 1. The zero-order chi connectivity index (χ0) is 31.2. The number of sulfonamides is 1. The van der Waals surface area contributed by atoms with Crippen LogP contribution in [0.15, 0.2) is 96.2 Å². The smallest absolute Gasteiger partial charge is 0.240 e. The Kier molecular flexibility index (Phi) is 9.39. The Labute approximate surface area is 264 Å². The number of nitrogens with one attached hydrogen (secondary N) is 3. The highest BCUT2D eigenvalue weighted by Crippen LogP contribution is 2.29. The van der Waals surface area contributed by atoms with Gasteiger partial charge in [0.25, 0.3) is 0 Å². The molecule has 4 N–H and O–H groups in total. The lowest BCUT2D eigenvalue weighted by molar-refractivity contribution is 0.126. The molecule has 1 fully saturated rings. The van der Waals surface area contributed by atoms with Crippen LogP contribution in [0.4, 0.5) is 17.5 Å². The van der Waals surface area contributed by atoms with Crippen molar-refractivity contribution in [2.45, 2.75) is 68.5 Å². The standard InChI is InChI=1S/C34H39N7O3S/c1-2-41-23-35-31-32(39-34(40-33(31)41)38-27-13-17-28(42)18-14-27)37-26-15-19-29(20-16-26)45(43,44)36-22-21-30(24-9-5-3-6-10-24)25-11-7-4-8-12-25/h3-12,15-16,19-20,23,27-28,30,36,42H,2,13-14,17-18,21-22H2,1H3,(H2,37,38,39,40)/t27-,28-. The van der Waals surface area contributed by atoms with Crippen LogP contribution < -0.4 is 15.4 Å². The molecular formula is C34H39N7O3S. The van der Waals surface area contributed by atoms with E-state index in [0.717, 1.165) is 36.8 Å². The Balaban J connectivity index is 1.15. The minimum absolute atomic E-state index is 0.0756. The Bertz CT molecular complexity index is 1770. The zero-order valence-corrected chi connectivity index (χ0v) is 26.1. The van der Waals surface area contributed by atoms with Crippen LogP contribution in [-0.2, 0) is 16.6 Å². The van der Waals surface area contributed by atoms with Crippen molar-refractivity contribution in [1.29, 1.82) is 0 Å². The summed E-state index contributed by atoms with van der Waals surface area (Å²) >= 11 is 0. The van der Waals surface area contributed by atoms with E-state index in [2.05, 4.69) is 44.6 Å². The molecule has 0 unspecified atom stereocenters. The molecule has 3 aromatic carbocycles. The number of benzene rings is 3. The van der Waals surface area contributed by atoms with Crippen molar-refractivity contribution in [3.8, 4) is 0 Å². The lowest BCUT2D eigenvalue weighted by atomic mass is 9.89. The lowest BCUT2D eigenvalue weighted by Gasteiger charge is -2.26. The molecule has 45 heavy (non-hydrogen) atoms. The van der Waals surface area contributed by atoms with Crippen LogP contribution in [0.5, 0.6) is 0 Å². The van der Waals surface area contributed by atoms with Gasteiger partial charge in [-0.1, -0.05) is 60.7 Å². The molecule has 11 heteroatoms. The van der Waals surface area contributed by atoms with Gasteiger partial charge in [0.2, 0.25) is 16.0 Å². The summed E-state index contributed by atoms with van der Waals surface area (Å²) in [7, 11) is -3.72. The second kappa shape index (κ2) is 13.8. The Morgan fingerprint density at radius 3 is 2.16 bits per heavy atom. The van der Waals surface area contributed by atoms with E-state index in [-0.39, 0.29) is 23.0 Å². The van der Waals surface area contributed by atoms with Gasteiger partial charge in [-0.2, -0.15) is 9.97 Å². The summed E-state index contributed by atoms with van der Waals surface area (Å²) in [6.07, 6.45) is 5.33. The molecule has 5 aromatic rings. The van der Waals surface area contributed by atoms with Crippen molar-refractivity contribution in [2.24, 2.45) is 0 Å². The fraction of sp³-hybridized carbons (Fsp3) is 0.324. The van der Waals surface area contributed by atoms with Crippen LogP contribution in [0, 0.1) is 0 Å². The Morgan fingerprint density at radius 2 is 1.53 bits per heavy atom. The van der Waals surface area contributed by atoms with Gasteiger partial charge in [-0.05, 0) is 74.4 Å². The van der Waals surface area contributed by atoms with E-state index >= 15 is 0 Å². The number of aromatic nitrogens is 4. The zero-order valence-electron chi connectivity index (χ0n) is 25.3. The van der Waals surface area contributed by atoms with Crippen LogP contribution >= 0.6 is 0 Å². The fourth-order valence-electron chi connectivity index (χ4n) is 5.90. The van der Waals surface area contributed by atoms with Gasteiger partial charge in [-0.15, -0.1) is 0 Å². The number of nitrogens with zero attached hydrogens (tertiary/aromatic N) is 4. The number of rotatable bonds is 12. The van der Waals surface area contributed by atoms with Crippen LogP contribution in [-0.4, -0.2) is 51.7 Å². The first-order valence-electron chi connectivity index (χ1n) is 15.5. The summed E-state index contributed by atoms with van der Waals surface area (Å²) in [5, 5.41) is 16.6. The first-order valence-corrected chi connectivity index (χ1v) is 17.0. The normalized spacial score (nSPS) is 17.0. The molecule has 1 aliphatic carbocycles. The number of hydrogen-bond donors (Lipinski definition) is 4. The molecule has 2 heterocycles. The van der Waals surface area contributed by atoms with E-state index in [9.17, 15) is 13.5 Å². The van der Waals surface area contributed by atoms with Crippen LogP contribution in [0.3, 0.4) is 0 Å². The number of hydrogen-bond acceptors (Lipinski definition) is 8. The van der Waals surface area contributed by atoms with Gasteiger partial charge in [0.15, 0.2) is 17.0 Å². The first-order chi connectivity index (χ1) is 21.9. The second-order valence-corrected chi connectivity index (χ2v) is 13.2. The fourth-order valence-corrected chi connectivity index (χ4v) is 6.95. The predicted molar refractivity (Wildman–Crippen MR) is 177 cm³/mol. The van der Waals surface area contributed by atoms with Crippen LogP contribution in [0.25, 0.3) is 11.2 Å². The summed E-state index contributed by atoms with van der Waals surface area (Å²) in [5.41, 5.74) is 4.32. The van der Waals surface area contributed by atoms with Gasteiger partial charge < -0.3 is 20.3 Å². The molecule has 0 saturated heterocycles. The van der Waals surface area contributed by atoms with E-state index < -0.39 is 10.0 Å². The molecule has 10 nitrogen and oxygen atoms in total. The van der Waals surface area contributed by atoms with Gasteiger partial charge in [0.05, 0.1) is 17.3 Å². The largest absolute Gasteiger partial charge is 0.393 e.